The van der Waals surface area contributed by atoms with E-state index in [1.165, 1.54) is 0 Å². The summed E-state index contributed by atoms with van der Waals surface area (Å²) in [7, 11) is 0. The predicted octanol–water partition coefficient (Wildman–Crippen LogP) is 3.60. The molecule has 3 N–H and O–H groups in total. The highest BCUT2D eigenvalue weighted by Crippen LogP contribution is 2.36. The van der Waals surface area contributed by atoms with Crippen molar-refractivity contribution >= 4 is 11.3 Å². The van der Waals surface area contributed by atoms with Gasteiger partial charge in [0.05, 0.1) is 5.69 Å². The number of nitrogens with zero attached hydrogens (tertiary/aromatic N) is 2. The highest BCUT2D eigenvalue weighted by molar-refractivity contribution is 7.15. The minimum absolute atomic E-state index is 0.0955. The second-order valence-electron chi connectivity index (χ2n) is 4.80. The van der Waals surface area contributed by atoms with Crippen LogP contribution in [-0.2, 0) is 0 Å². The van der Waals surface area contributed by atoms with Gasteiger partial charge in [-0.1, -0.05) is 0 Å². The van der Waals surface area contributed by atoms with Crippen LogP contribution < -0.4 is 5.73 Å². The van der Waals surface area contributed by atoms with Crippen molar-refractivity contribution in [1.29, 1.82) is 0 Å². The Hall–Kier alpha value is -2.24. The lowest BCUT2D eigenvalue weighted by molar-refractivity contribution is 0.475. The highest BCUT2D eigenvalue weighted by atomic mass is 32.1. The van der Waals surface area contributed by atoms with E-state index in [0.717, 1.165) is 26.7 Å². The maximum atomic E-state index is 9.42. The fourth-order valence-corrected chi connectivity index (χ4v) is 3.13. The summed E-state index contributed by atoms with van der Waals surface area (Å²) in [5.41, 5.74) is 8.94. The van der Waals surface area contributed by atoms with Gasteiger partial charge in [0.15, 0.2) is 0 Å². The Morgan fingerprint density at radius 3 is 2.33 bits per heavy atom. The van der Waals surface area contributed by atoms with Gasteiger partial charge in [-0.25, -0.2) is 4.98 Å². The topological polar surface area (TPSA) is 72.0 Å². The van der Waals surface area contributed by atoms with E-state index in [9.17, 15) is 5.11 Å². The molecule has 0 saturated carbocycles. The number of hydrogen-bond donors (Lipinski definition) is 2. The van der Waals surface area contributed by atoms with Gasteiger partial charge >= 0.3 is 0 Å². The number of thiazole rings is 1. The Labute approximate surface area is 126 Å². The predicted molar refractivity (Wildman–Crippen MR) is 85.0 cm³/mol. The molecule has 1 unspecified atom stereocenters. The number of pyridine rings is 1. The monoisotopic (exact) mass is 297 g/mol. The average Bonchev–Trinajstić information content (AvgIpc) is 2.94. The van der Waals surface area contributed by atoms with Crippen LogP contribution in [0.3, 0.4) is 0 Å². The largest absolute Gasteiger partial charge is 0.508 e. The first-order chi connectivity index (χ1) is 10.1. The number of phenolic OH excluding ortho intramolecular Hbond substituents is 1. The first-order valence-electron chi connectivity index (χ1n) is 6.61. The molecule has 0 aliphatic rings. The average molecular weight is 297 g/mol. The summed E-state index contributed by atoms with van der Waals surface area (Å²) in [4.78, 5) is 9.79. The molecule has 0 aliphatic carbocycles. The molecular weight excluding hydrogens is 282 g/mol. The molecule has 0 amide bonds. The lowest BCUT2D eigenvalue weighted by Crippen LogP contribution is -2.04. The standard InChI is InChI=1S/C16H15N3OS/c1-10(17)15-14(11-2-4-13(20)5-3-11)19-16(21-15)12-6-8-18-9-7-12/h2-10,20H,17H2,1H3. The van der Waals surface area contributed by atoms with Crippen molar-refractivity contribution in [3.05, 3.63) is 53.7 Å². The number of phenols is 1. The van der Waals surface area contributed by atoms with Gasteiger partial charge in [0.25, 0.3) is 0 Å². The molecule has 1 aromatic carbocycles. The van der Waals surface area contributed by atoms with Crippen molar-refractivity contribution in [2.75, 3.05) is 0 Å². The molecule has 0 aliphatic heterocycles. The van der Waals surface area contributed by atoms with E-state index in [1.54, 1.807) is 35.9 Å². The zero-order chi connectivity index (χ0) is 14.8. The third-order valence-corrected chi connectivity index (χ3v) is 4.44. The van der Waals surface area contributed by atoms with E-state index < -0.39 is 0 Å². The first-order valence-corrected chi connectivity index (χ1v) is 7.43. The zero-order valence-corrected chi connectivity index (χ0v) is 12.3. The van der Waals surface area contributed by atoms with Gasteiger partial charge < -0.3 is 10.8 Å². The van der Waals surface area contributed by atoms with Crippen molar-refractivity contribution in [3.8, 4) is 27.6 Å². The molecule has 0 fully saturated rings. The molecule has 2 heterocycles. The highest BCUT2D eigenvalue weighted by Gasteiger charge is 2.17. The third-order valence-electron chi connectivity index (χ3n) is 3.13. The number of aromatic nitrogens is 2. The second kappa shape index (κ2) is 5.63. The third kappa shape index (κ3) is 2.79. The quantitative estimate of drug-likeness (QED) is 0.775. The maximum Gasteiger partial charge on any atom is 0.124 e. The Morgan fingerprint density at radius 2 is 1.71 bits per heavy atom. The summed E-state index contributed by atoms with van der Waals surface area (Å²) >= 11 is 1.59. The van der Waals surface area contributed by atoms with Gasteiger partial charge in [-0.2, -0.15) is 0 Å². The normalized spacial score (nSPS) is 12.3. The molecule has 3 aromatic rings. The summed E-state index contributed by atoms with van der Waals surface area (Å²) in [5.74, 6) is 0.241. The Bertz CT molecular complexity index is 736. The molecular formula is C16H15N3OS. The first kappa shape index (κ1) is 13.7. The van der Waals surface area contributed by atoms with Crippen LogP contribution in [0.1, 0.15) is 17.8 Å². The molecule has 5 heteroatoms. The molecule has 0 bridgehead atoms. The van der Waals surface area contributed by atoms with Crippen molar-refractivity contribution < 1.29 is 5.11 Å². The van der Waals surface area contributed by atoms with Gasteiger partial charge in [-0.15, -0.1) is 11.3 Å². The van der Waals surface area contributed by atoms with Crippen LogP contribution in [0.5, 0.6) is 5.75 Å². The number of hydrogen-bond acceptors (Lipinski definition) is 5. The summed E-state index contributed by atoms with van der Waals surface area (Å²) in [6.07, 6.45) is 3.50. The van der Waals surface area contributed by atoms with E-state index in [4.69, 9.17) is 10.7 Å². The Kier molecular flexibility index (Phi) is 3.68. The van der Waals surface area contributed by atoms with E-state index in [2.05, 4.69) is 4.98 Å². The fraction of sp³-hybridized carbons (Fsp3) is 0.125. The molecule has 1 atom stereocenters. The minimum atomic E-state index is -0.0955. The maximum absolute atomic E-state index is 9.42. The summed E-state index contributed by atoms with van der Waals surface area (Å²) in [5, 5.41) is 10.3. The van der Waals surface area contributed by atoms with Gasteiger partial charge in [-0.05, 0) is 43.3 Å². The van der Waals surface area contributed by atoms with Gasteiger partial charge in [-0.3, -0.25) is 4.98 Å². The lowest BCUT2D eigenvalue weighted by Gasteiger charge is -2.05. The Morgan fingerprint density at radius 1 is 1.05 bits per heavy atom. The molecule has 0 spiro atoms. The van der Waals surface area contributed by atoms with Gasteiger partial charge in [0.1, 0.15) is 10.8 Å². The molecule has 106 valence electrons. The van der Waals surface area contributed by atoms with Crippen molar-refractivity contribution in [1.82, 2.24) is 9.97 Å². The van der Waals surface area contributed by atoms with Crippen LogP contribution in [-0.4, -0.2) is 15.1 Å². The zero-order valence-electron chi connectivity index (χ0n) is 11.5. The van der Waals surface area contributed by atoms with Gasteiger partial charge in [0, 0.05) is 34.4 Å². The van der Waals surface area contributed by atoms with E-state index >= 15 is 0 Å². The smallest absolute Gasteiger partial charge is 0.124 e. The van der Waals surface area contributed by atoms with Crippen LogP contribution >= 0.6 is 11.3 Å². The van der Waals surface area contributed by atoms with E-state index in [1.807, 2.05) is 31.2 Å². The fourth-order valence-electron chi connectivity index (χ4n) is 2.08. The Balaban J connectivity index is 2.11. The van der Waals surface area contributed by atoms with Crippen LogP contribution in [0.4, 0.5) is 0 Å². The SMILES string of the molecule is CC(N)c1sc(-c2ccncc2)nc1-c1ccc(O)cc1. The summed E-state index contributed by atoms with van der Waals surface area (Å²) in [6.45, 7) is 1.95. The van der Waals surface area contributed by atoms with Crippen LogP contribution in [0, 0.1) is 0 Å². The number of rotatable bonds is 3. The molecule has 4 nitrogen and oxygen atoms in total. The number of nitrogens with two attached hydrogens (primary N) is 1. The molecule has 2 aromatic heterocycles. The van der Waals surface area contributed by atoms with Crippen LogP contribution in [0.25, 0.3) is 21.8 Å². The lowest BCUT2D eigenvalue weighted by atomic mass is 10.1. The minimum Gasteiger partial charge on any atom is -0.508 e. The second-order valence-corrected chi connectivity index (χ2v) is 5.83. The summed E-state index contributed by atoms with van der Waals surface area (Å²) < 4.78 is 0. The van der Waals surface area contributed by atoms with Crippen LogP contribution in [0.2, 0.25) is 0 Å². The molecule has 3 rings (SSSR count). The summed E-state index contributed by atoms with van der Waals surface area (Å²) in [6, 6.07) is 10.8. The van der Waals surface area contributed by atoms with Crippen molar-refractivity contribution in [2.24, 2.45) is 5.73 Å². The molecule has 0 saturated heterocycles. The van der Waals surface area contributed by atoms with E-state index in [0.29, 0.717) is 0 Å². The van der Waals surface area contributed by atoms with E-state index in [-0.39, 0.29) is 11.8 Å². The van der Waals surface area contributed by atoms with Crippen molar-refractivity contribution in [3.63, 3.8) is 0 Å². The van der Waals surface area contributed by atoms with Gasteiger partial charge in [0.2, 0.25) is 0 Å². The van der Waals surface area contributed by atoms with Crippen LogP contribution in [0.15, 0.2) is 48.8 Å². The van der Waals surface area contributed by atoms with Crippen molar-refractivity contribution in [2.45, 2.75) is 13.0 Å². The number of benzene rings is 1. The molecule has 0 radical (unpaired) electrons. The number of aromatic hydroxyl groups is 1. The molecule has 21 heavy (non-hydrogen) atoms.